The van der Waals surface area contributed by atoms with Gasteiger partial charge < -0.3 is 25.3 Å². The van der Waals surface area contributed by atoms with E-state index in [-0.39, 0.29) is 38.1 Å². The van der Waals surface area contributed by atoms with Gasteiger partial charge in [0.2, 0.25) is 0 Å². The van der Waals surface area contributed by atoms with E-state index < -0.39 is 11.9 Å². The second-order valence-electron chi connectivity index (χ2n) is 1.45. The zero-order chi connectivity index (χ0) is 8.57. The fourth-order valence-corrected chi connectivity index (χ4v) is 0. The molecule has 0 aliphatic heterocycles. The Balaban J connectivity index is -0.0000000457. The standard InChI is InChI=1S/2C3H6O2.Ga.H2O/c2*1-2-3(4)5;;/h2*2H2,1H3,(H,4,5);;1H2/q;;+3;/p-3. The molecule has 6 heteroatoms. The summed E-state index contributed by atoms with van der Waals surface area (Å²) < 4.78 is 0. The predicted molar refractivity (Wildman–Crippen MR) is 38.3 cm³/mol. The van der Waals surface area contributed by atoms with Gasteiger partial charge in [-0.25, -0.2) is 0 Å². The van der Waals surface area contributed by atoms with E-state index in [0.717, 1.165) is 0 Å². The zero-order valence-corrected chi connectivity index (χ0v) is 9.49. The van der Waals surface area contributed by atoms with Crippen LogP contribution >= 0.6 is 0 Å². The van der Waals surface area contributed by atoms with E-state index in [2.05, 4.69) is 0 Å². The first-order valence-electron chi connectivity index (χ1n) is 2.94. The molecule has 0 saturated carbocycles. The van der Waals surface area contributed by atoms with Gasteiger partial charge in [0.05, 0.1) is 0 Å². The van der Waals surface area contributed by atoms with Crippen molar-refractivity contribution >= 4 is 31.7 Å². The summed E-state index contributed by atoms with van der Waals surface area (Å²) in [6.45, 7) is 3.07. The molecule has 68 valence electrons. The van der Waals surface area contributed by atoms with Crippen molar-refractivity contribution in [2.24, 2.45) is 0 Å². The number of aliphatic carboxylic acids is 2. The van der Waals surface area contributed by atoms with Gasteiger partial charge in [-0.15, -0.1) is 0 Å². The number of rotatable bonds is 2. The van der Waals surface area contributed by atoms with Crippen molar-refractivity contribution in [1.82, 2.24) is 0 Å². The normalized spacial score (nSPS) is 6.17. The van der Waals surface area contributed by atoms with Gasteiger partial charge in [-0.3, -0.25) is 0 Å². The topological polar surface area (TPSA) is 110 Å². The van der Waals surface area contributed by atoms with E-state index >= 15 is 0 Å². The summed E-state index contributed by atoms with van der Waals surface area (Å²) in [5.74, 6) is -1.99. The van der Waals surface area contributed by atoms with Gasteiger partial charge in [0, 0.05) is 11.9 Å². The van der Waals surface area contributed by atoms with Crippen LogP contribution in [0.5, 0.6) is 0 Å². The van der Waals surface area contributed by atoms with Crippen LogP contribution in [0.25, 0.3) is 0 Å². The van der Waals surface area contributed by atoms with Gasteiger partial charge in [-0.2, -0.15) is 0 Å². The molecule has 0 bridgehead atoms. The number of carboxylic acids is 2. The van der Waals surface area contributed by atoms with Crippen LogP contribution in [-0.2, 0) is 9.59 Å². The Morgan fingerprint density at radius 3 is 1.08 bits per heavy atom. The van der Waals surface area contributed by atoms with Gasteiger partial charge >= 0.3 is 19.8 Å². The first-order valence-corrected chi connectivity index (χ1v) is 2.94. The van der Waals surface area contributed by atoms with E-state index in [1.54, 1.807) is 0 Å². The molecule has 12 heavy (non-hydrogen) atoms. The molecule has 0 aliphatic rings. The molecule has 0 heterocycles. The molecule has 0 aliphatic carbocycles. The molecule has 5 nitrogen and oxygen atoms in total. The van der Waals surface area contributed by atoms with Gasteiger partial charge in [0.25, 0.3) is 0 Å². The minimum Gasteiger partial charge on any atom is -0.870 e. The minimum absolute atomic E-state index is 0. The van der Waals surface area contributed by atoms with Crippen molar-refractivity contribution in [2.75, 3.05) is 0 Å². The van der Waals surface area contributed by atoms with Crippen LogP contribution < -0.4 is 10.2 Å². The molecule has 0 fully saturated rings. The molecular weight excluding hydrogens is 222 g/mol. The van der Waals surface area contributed by atoms with E-state index in [1.165, 1.54) is 13.8 Å². The minimum atomic E-state index is -0.995. The van der Waals surface area contributed by atoms with Crippen molar-refractivity contribution < 1.29 is 25.3 Å². The van der Waals surface area contributed by atoms with Crippen molar-refractivity contribution in [2.45, 2.75) is 26.7 Å². The molecule has 0 radical (unpaired) electrons. The summed E-state index contributed by atoms with van der Waals surface area (Å²) in [5, 5.41) is 18.5. The maximum Gasteiger partial charge on any atom is 3.00 e. The fourth-order valence-electron chi connectivity index (χ4n) is 0. The second-order valence-corrected chi connectivity index (χ2v) is 1.45. The Kier molecular flexibility index (Phi) is 31.7. The number of carboxylic acid groups (broad SMARTS) is 2. The molecule has 0 spiro atoms. The number of hydrogen-bond acceptors (Lipinski definition) is 5. The summed E-state index contributed by atoms with van der Waals surface area (Å²) in [5.41, 5.74) is 0. The predicted octanol–water partition coefficient (Wildman–Crippen LogP) is -2.26. The summed E-state index contributed by atoms with van der Waals surface area (Å²) >= 11 is 0. The quantitative estimate of drug-likeness (QED) is 0.499. The average molecular weight is 233 g/mol. The van der Waals surface area contributed by atoms with Crippen molar-refractivity contribution in [3.63, 3.8) is 0 Å². The van der Waals surface area contributed by atoms with E-state index in [9.17, 15) is 19.8 Å². The smallest absolute Gasteiger partial charge is 0.870 e. The molecule has 0 unspecified atom stereocenters. The zero-order valence-electron chi connectivity index (χ0n) is 7.07. The number of hydrogen-bond donors (Lipinski definition) is 0. The molecule has 0 aromatic rings. The Hall–Kier alpha value is -0.464. The van der Waals surface area contributed by atoms with Crippen LogP contribution in [0.1, 0.15) is 26.7 Å². The van der Waals surface area contributed by atoms with Gasteiger partial charge in [-0.05, 0) is 12.8 Å². The largest absolute Gasteiger partial charge is 3.00 e. The van der Waals surface area contributed by atoms with Crippen molar-refractivity contribution in [3.8, 4) is 0 Å². The van der Waals surface area contributed by atoms with Crippen LogP contribution in [0.3, 0.4) is 0 Å². The summed E-state index contributed by atoms with van der Waals surface area (Å²) in [6, 6.07) is 0. The fraction of sp³-hybridized carbons (Fsp3) is 0.667. The van der Waals surface area contributed by atoms with Crippen LogP contribution in [0.15, 0.2) is 0 Å². The molecule has 0 amide bonds. The third kappa shape index (κ3) is 55.6. The summed E-state index contributed by atoms with van der Waals surface area (Å²) in [4.78, 5) is 18.5. The molecular formula is C6H11GaO5. The van der Waals surface area contributed by atoms with E-state index in [0.29, 0.717) is 0 Å². The van der Waals surface area contributed by atoms with E-state index in [1.807, 2.05) is 0 Å². The Morgan fingerprint density at radius 1 is 1.00 bits per heavy atom. The molecule has 0 aromatic heterocycles. The Morgan fingerprint density at radius 2 is 1.08 bits per heavy atom. The average Bonchev–Trinajstić information content (AvgIpc) is 1.89. The third-order valence-corrected chi connectivity index (χ3v) is 0.577. The number of carbonyl (C=O) groups excluding carboxylic acids is 2. The maximum absolute atomic E-state index is 9.26. The van der Waals surface area contributed by atoms with E-state index in [4.69, 9.17) is 0 Å². The van der Waals surface area contributed by atoms with Gasteiger partial charge in [0.15, 0.2) is 0 Å². The molecule has 0 aromatic carbocycles. The van der Waals surface area contributed by atoms with Gasteiger partial charge in [0.1, 0.15) is 0 Å². The molecule has 0 rings (SSSR count). The third-order valence-electron chi connectivity index (χ3n) is 0.577. The summed E-state index contributed by atoms with van der Waals surface area (Å²) in [6.07, 6.45) is 0.222. The summed E-state index contributed by atoms with van der Waals surface area (Å²) in [7, 11) is 0. The van der Waals surface area contributed by atoms with Crippen LogP contribution in [0.4, 0.5) is 0 Å². The van der Waals surface area contributed by atoms with Crippen molar-refractivity contribution in [1.29, 1.82) is 0 Å². The Bertz CT molecular complexity index is 101. The van der Waals surface area contributed by atoms with Crippen LogP contribution in [0, 0.1) is 0 Å². The Labute approximate surface area is 84.1 Å². The van der Waals surface area contributed by atoms with Crippen LogP contribution in [0.2, 0.25) is 0 Å². The maximum atomic E-state index is 9.26. The molecule has 0 saturated heterocycles. The first-order chi connectivity index (χ1) is 4.54. The van der Waals surface area contributed by atoms with Gasteiger partial charge in [-0.1, -0.05) is 13.8 Å². The van der Waals surface area contributed by atoms with Crippen LogP contribution in [-0.4, -0.2) is 37.2 Å². The van der Waals surface area contributed by atoms with Crippen molar-refractivity contribution in [3.05, 3.63) is 0 Å². The molecule has 0 atom stereocenters. The first kappa shape index (κ1) is 22.5. The SMILES string of the molecule is CCC(=O)[O-].CCC(=O)[O-].[Ga+3].[OH-]. The molecule has 1 N–H and O–H groups in total. The number of carbonyl (C=O) groups is 2. The monoisotopic (exact) mass is 232 g/mol. The second kappa shape index (κ2) is 16.9.